The molecule has 0 saturated carbocycles. The molecule has 2 aromatic carbocycles. The minimum Gasteiger partial charge on any atom is -0.455 e. The number of pyridine rings is 1. The fourth-order valence-electron chi connectivity index (χ4n) is 2.42. The maximum atomic E-state index is 12.4. The van der Waals surface area contributed by atoms with Crippen LogP contribution in [0.1, 0.15) is 10.4 Å². The van der Waals surface area contributed by atoms with Gasteiger partial charge in [-0.3, -0.25) is 19.9 Å². The third-order valence-electron chi connectivity index (χ3n) is 3.73. The van der Waals surface area contributed by atoms with Gasteiger partial charge in [0.1, 0.15) is 22.7 Å². The first-order valence-corrected chi connectivity index (χ1v) is 8.89. The molecule has 0 aliphatic carbocycles. The second-order valence-electron chi connectivity index (χ2n) is 5.83. The molecule has 1 amide bonds. The van der Waals surface area contributed by atoms with E-state index >= 15 is 0 Å². The lowest BCUT2D eigenvalue weighted by molar-refractivity contribution is -0.383. The molecule has 0 radical (unpaired) electrons. The van der Waals surface area contributed by atoms with Crippen LogP contribution in [0.5, 0.6) is 11.5 Å². The second kappa shape index (κ2) is 9.48. The molecular formula is C20H14ClN3O6. The number of rotatable bonds is 7. The summed E-state index contributed by atoms with van der Waals surface area (Å²) in [5, 5.41) is 13.6. The molecule has 1 aromatic heterocycles. The van der Waals surface area contributed by atoms with Gasteiger partial charge in [0.25, 0.3) is 11.6 Å². The molecule has 3 aromatic rings. The van der Waals surface area contributed by atoms with Gasteiger partial charge in [0.15, 0.2) is 6.61 Å². The fraction of sp³-hybridized carbons (Fsp3) is 0.0500. The zero-order chi connectivity index (χ0) is 21.5. The van der Waals surface area contributed by atoms with Crippen LogP contribution in [0.3, 0.4) is 0 Å². The molecule has 0 spiro atoms. The first-order valence-electron chi connectivity index (χ1n) is 8.52. The number of carbonyl (C=O) groups excluding carboxylic acids is 2. The van der Waals surface area contributed by atoms with E-state index in [0.717, 1.165) is 6.07 Å². The predicted molar refractivity (Wildman–Crippen MR) is 108 cm³/mol. The third kappa shape index (κ3) is 5.30. The summed E-state index contributed by atoms with van der Waals surface area (Å²) in [5.74, 6) is -0.899. The van der Waals surface area contributed by atoms with Crippen LogP contribution in [0.15, 0.2) is 67.0 Å². The van der Waals surface area contributed by atoms with E-state index < -0.39 is 23.4 Å². The van der Waals surface area contributed by atoms with Gasteiger partial charge in [-0.15, -0.1) is 0 Å². The minimum atomic E-state index is -0.796. The van der Waals surface area contributed by atoms with Gasteiger partial charge in [-0.25, -0.2) is 4.79 Å². The molecule has 0 bridgehead atoms. The molecule has 10 heteroatoms. The highest BCUT2D eigenvalue weighted by atomic mass is 35.5. The van der Waals surface area contributed by atoms with E-state index in [4.69, 9.17) is 21.1 Å². The summed E-state index contributed by atoms with van der Waals surface area (Å²) >= 11 is 5.74. The van der Waals surface area contributed by atoms with Gasteiger partial charge in [0.05, 0.1) is 11.1 Å². The normalized spacial score (nSPS) is 10.2. The third-order valence-corrected chi connectivity index (χ3v) is 3.97. The van der Waals surface area contributed by atoms with Crippen molar-refractivity contribution in [2.45, 2.75) is 0 Å². The Kier molecular flexibility index (Phi) is 6.56. The van der Waals surface area contributed by atoms with Crippen LogP contribution in [0.2, 0.25) is 5.02 Å². The van der Waals surface area contributed by atoms with Crippen molar-refractivity contribution in [1.29, 1.82) is 0 Å². The van der Waals surface area contributed by atoms with Crippen LogP contribution in [-0.4, -0.2) is 28.4 Å². The van der Waals surface area contributed by atoms with E-state index in [1.54, 1.807) is 36.5 Å². The Bertz CT molecular complexity index is 1090. The van der Waals surface area contributed by atoms with E-state index in [1.807, 2.05) is 0 Å². The van der Waals surface area contributed by atoms with Crippen molar-refractivity contribution in [1.82, 2.24) is 4.98 Å². The van der Waals surface area contributed by atoms with Crippen molar-refractivity contribution in [2.75, 3.05) is 11.9 Å². The molecule has 0 unspecified atom stereocenters. The SMILES string of the molecule is O=C(COC(=O)c1ccccc1Oc1cccnc1)Nc1ccc(Cl)cc1[N+](=O)[O-]. The summed E-state index contributed by atoms with van der Waals surface area (Å²) in [6, 6.07) is 13.5. The fourth-order valence-corrected chi connectivity index (χ4v) is 2.58. The topological polar surface area (TPSA) is 121 Å². The summed E-state index contributed by atoms with van der Waals surface area (Å²) < 4.78 is 10.7. The smallest absolute Gasteiger partial charge is 0.342 e. The number of nitrogens with zero attached hydrogens (tertiary/aromatic N) is 2. The van der Waals surface area contributed by atoms with Crippen molar-refractivity contribution < 1.29 is 24.0 Å². The van der Waals surface area contributed by atoms with Crippen LogP contribution in [-0.2, 0) is 9.53 Å². The number of hydrogen-bond acceptors (Lipinski definition) is 7. The largest absolute Gasteiger partial charge is 0.455 e. The van der Waals surface area contributed by atoms with Gasteiger partial charge >= 0.3 is 5.97 Å². The van der Waals surface area contributed by atoms with E-state index in [0.29, 0.717) is 5.75 Å². The lowest BCUT2D eigenvalue weighted by atomic mass is 10.2. The highest BCUT2D eigenvalue weighted by Gasteiger charge is 2.19. The number of aromatic nitrogens is 1. The number of carbonyl (C=O) groups is 2. The Morgan fingerprint density at radius 3 is 2.67 bits per heavy atom. The number of ether oxygens (including phenoxy) is 2. The molecule has 1 N–H and O–H groups in total. The van der Waals surface area contributed by atoms with Crippen molar-refractivity contribution in [2.24, 2.45) is 0 Å². The predicted octanol–water partition coefficient (Wildman–Crippen LogP) is 4.23. The number of nitrogens with one attached hydrogen (secondary N) is 1. The number of para-hydroxylation sites is 1. The van der Waals surface area contributed by atoms with Crippen molar-refractivity contribution in [3.63, 3.8) is 0 Å². The Balaban J connectivity index is 1.65. The molecule has 152 valence electrons. The van der Waals surface area contributed by atoms with Gasteiger partial charge in [-0.1, -0.05) is 23.7 Å². The van der Waals surface area contributed by atoms with Crippen LogP contribution in [0.25, 0.3) is 0 Å². The van der Waals surface area contributed by atoms with Gasteiger partial charge in [0, 0.05) is 17.3 Å². The maximum Gasteiger partial charge on any atom is 0.342 e. The van der Waals surface area contributed by atoms with Crippen molar-refractivity contribution in [3.05, 3.63) is 87.7 Å². The number of anilines is 1. The number of hydrogen-bond donors (Lipinski definition) is 1. The zero-order valence-corrected chi connectivity index (χ0v) is 16.0. The lowest BCUT2D eigenvalue weighted by Crippen LogP contribution is -2.21. The molecule has 30 heavy (non-hydrogen) atoms. The molecule has 3 rings (SSSR count). The van der Waals surface area contributed by atoms with E-state index in [2.05, 4.69) is 10.3 Å². The molecule has 0 aliphatic heterocycles. The van der Waals surface area contributed by atoms with Gasteiger partial charge in [-0.2, -0.15) is 0 Å². The molecule has 0 atom stereocenters. The van der Waals surface area contributed by atoms with Crippen LogP contribution in [0, 0.1) is 10.1 Å². The summed E-state index contributed by atoms with van der Waals surface area (Å²) in [4.78, 5) is 38.8. The summed E-state index contributed by atoms with van der Waals surface area (Å²) in [7, 11) is 0. The second-order valence-corrected chi connectivity index (χ2v) is 6.27. The van der Waals surface area contributed by atoms with Crippen LogP contribution >= 0.6 is 11.6 Å². The van der Waals surface area contributed by atoms with E-state index in [-0.39, 0.29) is 27.7 Å². The highest BCUT2D eigenvalue weighted by Crippen LogP contribution is 2.28. The molecule has 0 saturated heterocycles. The van der Waals surface area contributed by atoms with Crippen molar-refractivity contribution >= 4 is 34.9 Å². The Hall–Kier alpha value is -3.98. The first kappa shape index (κ1) is 20.7. The zero-order valence-electron chi connectivity index (χ0n) is 15.3. The average Bonchev–Trinajstić information content (AvgIpc) is 2.74. The Morgan fingerprint density at radius 1 is 1.13 bits per heavy atom. The van der Waals surface area contributed by atoms with E-state index in [1.165, 1.54) is 24.4 Å². The number of amides is 1. The summed E-state index contributed by atoms with van der Waals surface area (Å²) in [5.41, 5.74) is -0.338. The van der Waals surface area contributed by atoms with Gasteiger partial charge in [0.2, 0.25) is 0 Å². The van der Waals surface area contributed by atoms with Gasteiger partial charge < -0.3 is 14.8 Å². The average molecular weight is 428 g/mol. The lowest BCUT2D eigenvalue weighted by Gasteiger charge is -2.11. The number of esters is 1. The molecule has 0 fully saturated rings. The molecule has 0 aliphatic rings. The van der Waals surface area contributed by atoms with Gasteiger partial charge in [-0.05, 0) is 36.4 Å². The monoisotopic (exact) mass is 427 g/mol. The maximum absolute atomic E-state index is 12.4. The van der Waals surface area contributed by atoms with Crippen molar-refractivity contribution in [3.8, 4) is 11.5 Å². The summed E-state index contributed by atoms with van der Waals surface area (Å²) in [6.45, 7) is -0.653. The van der Waals surface area contributed by atoms with Crippen LogP contribution in [0.4, 0.5) is 11.4 Å². The number of nitro groups is 1. The summed E-state index contributed by atoms with van der Waals surface area (Å²) in [6.07, 6.45) is 3.06. The number of halogens is 1. The minimum absolute atomic E-state index is 0.0641. The number of nitro benzene ring substituents is 1. The highest BCUT2D eigenvalue weighted by molar-refractivity contribution is 6.31. The standard InChI is InChI=1S/C20H14ClN3O6/c21-13-7-8-16(17(10-13)24(27)28)23-19(25)12-29-20(26)15-5-1-2-6-18(15)30-14-4-3-9-22-11-14/h1-11H,12H2,(H,23,25). The van der Waals surface area contributed by atoms with Crippen LogP contribution < -0.4 is 10.1 Å². The Labute approximate surface area is 175 Å². The first-order chi connectivity index (χ1) is 14.4. The molecule has 1 heterocycles. The Morgan fingerprint density at radius 2 is 1.93 bits per heavy atom. The molecular weight excluding hydrogens is 414 g/mol. The van der Waals surface area contributed by atoms with E-state index in [9.17, 15) is 19.7 Å². The quantitative estimate of drug-likeness (QED) is 0.340. The molecule has 9 nitrogen and oxygen atoms in total. The number of benzene rings is 2.